The monoisotopic (exact) mass is 297 g/mol. The summed E-state index contributed by atoms with van der Waals surface area (Å²) in [6.45, 7) is 3.19. The van der Waals surface area contributed by atoms with Gasteiger partial charge in [-0.15, -0.1) is 0 Å². The normalized spacial score (nSPS) is 18.3. The molecule has 0 aromatic heterocycles. The molecule has 5 heteroatoms. The van der Waals surface area contributed by atoms with Crippen LogP contribution in [-0.4, -0.2) is 39.0 Å². The summed E-state index contributed by atoms with van der Waals surface area (Å²) in [6, 6.07) is 7.28. The molecule has 2 rings (SSSR count). The van der Waals surface area contributed by atoms with Gasteiger partial charge in [0.25, 0.3) is 0 Å². The number of hydrogen-bond donors (Lipinski definition) is 0. The van der Waals surface area contributed by atoms with Crippen molar-refractivity contribution in [1.82, 2.24) is 4.31 Å². The summed E-state index contributed by atoms with van der Waals surface area (Å²) in [5.74, 6) is 0. The van der Waals surface area contributed by atoms with Gasteiger partial charge in [0.1, 0.15) is 0 Å². The summed E-state index contributed by atoms with van der Waals surface area (Å²) in [5, 5.41) is 0. The zero-order chi connectivity index (χ0) is 14.6. The Bertz CT molecular complexity index is 517. The third-order valence-corrected chi connectivity index (χ3v) is 5.75. The highest BCUT2D eigenvalue weighted by Gasteiger charge is 2.29. The van der Waals surface area contributed by atoms with Crippen molar-refractivity contribution in [2.45, 2.75) is 43.6 Å². The number of aryl methyl sites for hydroxylation is 1. The Labute approximate surface area is 121 Å². The zero-order valence-electron chi connectivity index (χ0n) is 12.2. The Morgan fingerprint density at radius 3 is 2.30 bits per heavy atom. The van der Waals surface area contributed by atoms with Gasteiger partial charge in [-0.1, -0.05) is 25.5 Å². The lowest BCUT2D eigenvalue weighted by atomic mass is 10.1. The number of benzene rings is 1. The summed E-state index contributed by atoms with van der Waals surface area (Å²) in [5.41, 5.74) is 1.18. The van der Waals surface area contributed by atoms with Crippen molar-refractivity contribution in [2.75, 3.05) is 20.2 Å². The number of sulfonamides is 1. The summed E-state index contributed by atoms with van der Waals surface area (Å²) in [6.07, 6.45) is 3.78. The summed E-state index contributed by atoms with van der Waals surface area (Å²) in [4.78, 5) is 0.396. The molecule has 4 nitrogen and oxygen atoms in total. The summed E-state index contributed by atoms with van der Waals surface area (Å²) < 4.78 is 31.9. The van der Waals surface area contributed by atoms with Crippen LogP contribution in [0.2, 0.25) is 0 Å². The Balaban J connectivity index is 2.10. The van der Waals surface area contributed by atoms with E-state index in [1.165, 1.54) is 5.56 Å². The van der Waals surface area contributed by atoms with Gasteiger partial charge in [-0.25, -0.2) is 8.42 Å². The van der Waals surface area contributed by atoms with Gasteiger partial charge in [0.05, 0.1) is 11.0 Å². The van der Waals surface area contributed by atoms with Crippen LogP contribution in [0.4, 0.5) is 0 Å². The molecule has 112 valence electrons. The fraction of sp³-hybridized carbons (Fsp3) is 0.600. The van der Waals surface area contributed by atoms with Gasteiger partial charge >= 0.3 is 0 Å². The quantitative estimate of drug-likeness (QED) is 0.838. The van der Waals surface area contributed by atoms with Crippen molar-refractivity contribution in [3.05, 3.63) is 29.8 Å². The third-order valence-electron chi connectivity index (χ3n) is 3.83. The van der Waals surface area contributed by atoms with Crippen LogP contribution in [0, 0.1) is 0 Å². The number of rotatable bonds is 5. The number of piperidine rings is 1. The molecule has 0 spiro atoms. The van der Waals surface area contributed by atoms with E-state index in [2.05, 4.69) is 6.92 Å². The van der Waals surface area contributed by atoms with Gasteiger partial charge in [0, 0.05) is 20.2 Å². The highest BCUT2D eigenvalue weighted by molar-refractivity contribution is 7.89. The van der Waals surface area contributed by atoms with E-state index in [1.54, 1.807) is 23.5 Å². The van der Waals surface area contributed by atoms with Crippen LogP contribution in [0.3, 0.4) is 0 Å². The van der Waals surface area contributed by atoms with Crippen LogP contribution in [0.1, 0.15) is 31.7 Å². The van der Waals surface area contributed by atoms with E-state index in [1.807, 2.05) is 12.1 Å². The zero-order valence-corrected chi connectivity index (χ0v) is 13.0. The molecule has 1 aromatic carbocycles. The van der Waals surface area contributed by atoms with Crippen LogP contribution >= 0.6 is 0 Å². The predicted octanol–water partition coefficient (Wildman–Crippen LogP) is 2.44. The van der Waals surface area contributed by atoms with Crippen LogP contribution in [0.5, 0.6) is 0 Å². The van der Waals surface area contributed by atoms with Crippen molar-refractivity contribution >= 4 is 10.0 Å². The summed E-state index contributed by atoms with van der Waals surface area (Å²) >= 11 is 0. The smallest absolute Gasteiger partial charge is 0.243 e. The van der Waals surface area contributed by atoms with E-state index in [-0.39, 0.29) is 6.10 Å². The van der Waals surface area contributed by atoms with Crippen molar-refractivity contribution in [2.24, 2.45) is 0 Å². The lowest BCUT2D eigenvalue weighted by Crippen LogP contribution is -2.40. The standard InChI is InChI=1S/C15H23NO3S/c1-3-4-13-5-7-15(8-6-13)20(17,18)16-11-9-14(19-2)10-12-16/h5-8,14H,3-4,9-12H2,1-2H3. The molecule has 1 aliphatic heterocycles. The van der Waals surface area contributed by atoms with E-state index < -0.39 is 10.0 Å². The van der Waals surface area contributed by atoms with E-state index in [0.717, 1.165) is 25.7 Å². The average molecular weight is 297 g/mol. The molecule has 0 saturated carbocycles. The van der Waals surface area contributed by atoms with E-state index >= 15 is 0 Å². The Morgan fingerprint density at radius 2 is 1.80 bits per heavy atom. The lowest BCUT2D eigenvalue weighted by Gasteiger charge is -2.30. The Hall–Kier alpha value is -0.910. The van der Waals surface area contributed by atoms with Gasteiger partial charge in [0.2, 0.25) is 10.0 Å². The fourth-order valence-electron chi connectivity index (χ4n) is 2.57. The van der Waals surface area contributed by atoms with Crippen LogP contribution in [0.15, 0.2) is 29.2 Å². The molecule has 1 fully saturated rings. The molecule has 0 unspecified atom stereocenters. The van der Waals surface area contributed by atoms with Gasteiger partial charge < -0.3 is 4.74 Å². The molecule has 0 atom stereocenters. The van der Waals surface area contributed by atoms with E-state index in [9.17, 15) is 8.42 Å². The summed E-state index contributed by atoms with van der Waals surface area (Å²) in [7, 11) is -1.67. The van der Waals surface area contributed by atoms with Gasteiger partial charge in [-0.3, -0.25) is 0 Å². The van der Waals surface area contributed by atoms with Crippen molar-refractivity contribution in [3.8, 4) is 0 Å². The first-order valence-corrected chi connectivity index (χ1v) is 8.64. The third kappa shape index (κ3) is 3.40. The predicted molar refractivity (Wildman–Crippen MR) is 79.2 cm³/mol. The molecule has 0 radical (unpaired) electrons. The Kier molecular flexibility index (Phi) is 5.18. The molecular formula is C15H23NO3S. The number of methoxy groups -OCH3 is 1. The largest absolute Gasteiger partial charge is 0.381 e. The second-order valence-electron chi connectivity index (χ2n) is 5.23. The highest BCUT2D eigenvalue weighted by Crippen LogP contribution is 2.22. The molecular weight excluding hydrogens is 274 g/mol. The molecule has 1 aromatic rings. The van der Waals surface area contributed by atoms with Gasteiger partial charge in [-0.2, -0.15) is 4.31 Å². The second kappa shape index (κ2) is 6.70. The number of hydrogen-bond acceptors (Lipinski definition) is 3. The maximum Gasteiger partial charge on any atom is 0.243 e. The first-order chi connectivity index (χ1) is 9.57. The molecule has 1 saturated heterocycles. The molecule has 1 aliphatic rings. The molecule has 0 aliphatic carbocycles. The molecule has 0 N–H and O–H groups in total. The Morgan fingerprint density at radius 1 is 1.20 bits per heavy atom. The van der Waals surface area contributed by atoms with E-state index in [0.29, 0.717) is 18.0 Å². The van der Waals surface area contributed by atoms with Gasteiger partial charge in [0.15, 0.2) is 0 Å². The molecule has 1 heterocycles. The number of nitrogens with zero attached hydrogens (tertiary/aromatic N) is 1. The van der Waals surface area contributed by atoms with E-state index in [4.69, 9.17) is 4.74 Å². The number of ether oxygens (including phenoxy) is 1. The maximum absolute atomic E-state index is 12.5. The minimum atomic E-state index is -3.35. The average Bonchev–Trinajstić information content (AvgIpc) is 2.48. The first kappa shape index (κ1) is 15.5. The SMILES string of the molecule is CCCc1ccc(S(=O)(=O)N2CCC(OC)CC2)cc1. The topological polar surface area (TPSA) is 46.6 Å². The van der Waals surface area contributed by atoms with Crippen molar-refractivity contribution in [1.29, 1.82) is 0 Å². The lowest BCUT2D eigenvalue weighted by molar-refractivity contribution is 0.0604. The second-order valence-corrected chi connectivity index (χ2v) is 7.17. The molecule has 0 amide bonds. The van der Waals surface area contributed by atoms with Crippen LogP contribution < -0.4 is 0 Å². The first-order valence-electron chi connectivity index (χ1n) is 7.19. The van der Waals surface area contributed by atoms with Crippen LogP contribution in [-0.2, 0) is 21.2 Å². The van der Waals surface area contributed by atoms with Crippen LogP contribution in [0.25, 0.3) is 0 Å². The minimum Gasteiger partial charge on any atom is -0.381 e. The molecule has 0 bridgehead atoms. The van der Waals surface area contributed by atoms with Gasteiger partial charge in [-0.05, 0) is 37.0 Å². The maximum atomic E-state index is 12.5. The fourth-order valence-corrected chi connectivity index (χ4v) is 4.04. The van der Waals surface area contributed by atoms with Crippen molar-refractivity contribution < 1.29 is 13.2 Å². The van der Waals surface area contributed by atoms with Crippen molar-refractivity contribution in [3.63, 3.8) is 0 Å². The highest BCUT2D eigenvalue weighted by atomic mass is 32.2. The minimum absolute atomic E-state index is 0.188. The molecule has 20 heavy (non-hydrogen) atoms.